The highest BCUT2D eigenvalue weighted by molar-refractivity contribution is 7.91. The standard InChI is InChI=1S/C57H53F3N8O10S2/c1-67(44-27-29-45(77-3)30-28-44)51(69)55(34-48(55)39-11-7-5-8-12-39)61-53(71)65-79(73,74)63-42-23-19-37(20-24-42)36-15-17-38(18-16-36)47-33-46(78-4)31-32-50(47)68(2)52(70)56(35-49(56)40-13-9-6-10-14-40)62-54(72)66-80(75,76)64-43-25-21-41(22-26-43)57(58,59)60/h5-33,48-49,63-64H,34-35H2,1-4H3,(H2,61,65,71)(H2,62,66,72). The first kappa shape index (κ1) is 55.7. The molecule has 2 aliphatic carbocycles. The van der Waals surface area contributed by atoms with E-state index in [4.69, 9.17) is 9.47 Å². The number of methoxy groups -OCH3 is 2. The van der Waals surface area contributed by atoms with E-state index in [-0.39, 0.29) is 24.2 Å². The lowest BCUT2D eigenvalue weighted by Crippen LogP contribution is -2.55. The van der Waals surface area contributed by atoms with Crippen LogP contribution in [-0.2, 0) is 36.2 Å². The summed E-state index contributed by atoms with van der Waals surface area (Å²) in [6.07, 6.45) is -4.33. The average molecular weight is 1130 g/mol. The zero-order valence-electron chi connectivity index (χ0n) is 43.2. The molecule has 0 aliphatic heterocycles. The predicted octanol–water partition coefficient (Wildman–Crippen LogP) is 9.15. The Labute approximate surface area is 459 Å². The molecule has 6 N–H and O–H groups in total. The van der Waals surface area contributed by atoms with E-state index < -0.39 is 78.9 Å². The van der Waals surface area contributed by atoms with Gasteiger partial charge in [0, 0.05) is 37.2 Å². The number of rotatable bonds is 18. The Bertz CT molecular complexity index is 3680. The largest absolute Gasteiger partial charge is 0.497 e. The fourth-order valence-electron chi connectivity index (χ4n) is 9.72. The quantitative estimate of drug-likeness (QED) is 0.0477. The molecule has 18 nitrogen and oxygen atoms in total. The smallest absolute Gasteiger partial charge is 0.416 e. The van der Waals surface area contributed by atoms with Gasteiger partial charge in [0.2, 0.25) is 0 Å². The summed E-state index contributed by atoms with van der Waals surface area (Å²) in [4.78, 5) is 58.7. The molecular formula is C57H53F3N8O10S2. The maximum absolute atomic E-state index is 14.8. The molecule has 0 bridgehead atoms. The number of carbonyl (C=O) groups is 4. The third kappa shape index (κ3) is 12.1. The Hall–Kier alpha value is -9.09. The number of ether oxygens (including phenoxy) is 2. The molecule has 0 spiro atoms. The van der Waals surface area contributed by atoms with E-state index in [0.29, 0.717) is 57.3 Å². The fourth-order valence-corrected chi connectivity index (χ4v) is 11.3. The van der Waals surface area contributed by atoms with Gasteiger partial charge in [-0.25, -0.2) is 19.0 Å². The van der Waals surface area contributed by atoms with Gasteiger partial charge >= 0.3 is 38.7 Å². The number of nitrogens with zero attached hydrogens (tertiary/aromatic N) is 2. The van der Waals surface area contributed by atoms with Crippen LogP contribution in [0.3, 0.4) is 0 Å². The van der Waals surface area contributed by atoms with Gasteiger partial charge < -0.3 is 29.9 Å². The van der Waals surface area contributed by atoms with Crippen molar-refractivity contribution in [3.05, 3.63) is 193 Å². The number of nitrogens with one attached hydrogen (secondary N) is 6. The van der Waals surface area contributed by atoms with Gasteiger partial charge in [-0.1, -0.05) is 97.1 Å². The minimum Gasteiger partial charge on any atom is -0.497 e. The summed E-state index contributed by atoms with van der Waals surface area (Å²) >= 11 is 0. The molecule has 6 amide bonds. The summed E-state index contributed by atoms with van der Waals surface area (Å²) in [7, 11) is -3.13. The minimum absolute atomic E-state index is 0.0926. The Balaban J connectivity index is 0.876. The number of hydrogen-bond donors (Lipinski definition) is 6. The summed E-state index contributed by atoms with van der Waals surface area (Å²) in [6.45, 7) is 0. The molecule has 2 aliphatic rings. The third-order valence-electron chi connectivity index (χ3n) is 14.0. The topological polar surface area (TPSA) is 234 Å². The van der Waals surface area contributed by atoms with E-state index >= 15 is 0 Å². The maximum atomic E-state index is 14.8. The van der Waals surface area contributed by atoms with Crippen LogP contribution in [0.15, 0.2) is 176 Å². The van der Waals surface area contributed by atoms with Crippen molar-refractivity contribution in [1.82, 2.24) is 20.1 Å². The van der Waals surface area contributed by atoms with Crippen molar-refractivity contribution in [3.63, 3.8) is 0 Å². The second-order valence-corrected chi connectivity index (χ2v) is 22.0. The van der Waals surface area contributed by atoms with Gasteiger partial charge in [-0.15, -0.1) is 0 Å². The number of likely N-dealkylation sites (N-methyl/N-ethyl adjacent to an activating group) is 2. The lowest BCUT2D eigenvalue weighted by atomic mass is 9.98. The van der Waals surface area contributed by atoms with Crippen LogP contribution in [0.1, 0.15) is 41.4 Å². The third-order valence-corrected chi connectivity index (χ3v) is 15.9. The van der Waals surface area contributed by atoms with Crippen LogP contribution in [0.5, 0.6) is 11.5 Å². The summed E-state index contributed by atoms with van der Waals surface area (Å²) < 4.78 is 111. The zero-order valence-corrected chi connectivity index (χ0v) is 44.9. The van der Waals surface area contributed by atoms with E-state index in [1.54, 1.807) is 104 Å². The van der Waals surface area contributed by atoms with Crippen LogP contribution in [0.4, 0.5) is 45.5 Å². The number of anilines is 4. The van der Waals surface area contributed by atoms with Crippen LogP contribution < -0.4 is 48.8 Å². The number of halogens is 3. The average Bonchev–Trinajstić information content (AvgIpc) is 4.50. The lowest BCUT2D eigenvalue weighted by molar-refractivity contribution is -0.137. The number of hydrogen-bond acceptors (Lipinski definition) is 10. The van der Waals surface area contributed by atoms with Crippen molar-refractivity contribution in [2.45, 2.75) is 41.9 Å². The number of benzene rings is 7. The number of amides is 6. The van der Waals surface area contributed by atoms with Crippen molar-refractivity contribution in [1.29, 1.82) is 0 Å². The van der Waals surface area contributed by atoms with Gasteiger partial charge in [-0.3, -0.25) is 19.0 Å². The molecule has 80 heavy (non-hydrogen) atoms. The molecule has 0 saturated heterocycles. The van der Waals surface area contributed by atoms with E-state index in [2.05, 4.69) is 15.4 Å². The number of carbonyl (C=O) groups excluding carboxylic acids is 4. The lowest BCUT2D eigenvalue weighted by Gasteiger charge is -2.28. The van der Waals surface area contributed by atoms with E-state index in [0.717, 1.165) is 23.3 Å². The molecule has 7 aromatic carbocycles. The van der Waals surface area contributed by atoms with Crippen molar-refractivity contribution >= 4 is 67.0 Å². The highest BCUT2D eigenvalue weighted by Gasteiger charge is 2.64. The predicted molar refractivity (Wildman–Crippen MR) is 297 cm³/mol. The first-order valence-electron chi connectivity index (χ1n) is 24.7. The van der Waals surface area contributed by atoms with E-state index in [9.17, 15) is 49.2 Å². The second kappa shape index (κ2) is 22.0. The monoisotopic (exact) mass is 1130 g/mol. The van der Waals surface area contributed by atoms with Gasteiger partial charge in [0.15, 0.2) is 0 Å². The molecule has 2 fully saturated rings. The van der Waals surface area contributed by atoms with E-state index in [1.165, 1.54) is 43.2 Å². The Kier molecular flexibility index (Phi) is 15.3. The molecule has 0 aromatic heterocycles. The van der Waals surface area contributed by atoms with Crippen molar-refractivity contribution in [2.75, 3.05) is 47.6 Å². The van der Waals surface area contributed by atoms with Gasteiger partial charge in [0.25, 0.3) is 11.8 Å². The van der Waals surface area contributed by atoms with Crippen LogP contribution >= 0.6 is 0 Å². The van der Waals surface area contributed by atoms with E-state index in [1.807, 2.05) is 56.6 Å². The second-order valence-electron chi connectivity index (χ2n) is 19.1. The molecule has 7 aromatic rings. The van der Waals surface area contributed by atoms with Crippen LogP contribution in [-0.4, -0.2) is 80.1 Å². The fraction of sp³-hybridized carbons (Fsp3) is 0.193. The SMILES string of the molecule is COc1ccc(N(C)C(=O)C2(NC(=O)NS(=O)(=O)Nc3ccc(-c4ccc(-c5cc(OC)ccc5N(C)C(=O)C5(NC(=O)NS(=O)(=O)Nc6ccc(C(F)(F)F)cc6)CC5c5ccccc5)cc4)cc3)CC2c2ccccc2)cc1. The Morgan fingerprint density at radius 3 is 1.39 bits per heavy atom. The molecule has 4 unspecified atom stereocenters. The summed E-state index contributed by atoms with van der Waals surface area (Å²) in [6, 6.07) is 44.2. The summed E-state index contributed by atoms with van der Waals surface area (Å²) in [5.41, 5.74) is 0.814. The molecule has 9 rings (SSSR count). The zero-order chi connectivity index (χ0) is 57.2. The number of urea groups is 2. The van der Waals surface area contributed by atoms with Crippen LogP contribution in [0.25, 0.3) is 22.3 Å². The molecule has 414 valence electrons. The maximum Gasteiger partial charge on any atom is 0.416 e. The van der Waals surface area contributed by atoms with Crippen LogP contribution in [0, 0.1) is 0 Å². The highest BCUT2D eigenvalue weighted by atomic mass is 32.2. The first-order chi connectivity index (χ1) is 38.0. The molecular weight excluding hydrogens is 1080 g/mol. The van der Waals surface area contributed by atoms with Gasteiger partial charge in [0.1, 0.15) is 22.6 Å². The molecule has 23 heteroatoms. The van der Waals surface area contributed by atoms with Gasteiger partial charge in [-0.2, -0.15) is 30.0 Å². The van der Waals surface area contributed by atoms with Crippen molar-refractivity contribution in [3.8, 4) is 33.8 Å². The van der Waals surface area contributed by atoms with Crippen molar-refractivity contribution in [2.24, 2.45) is 0 Å². The summed E-state index contributed by atoms with van der Waals surface area (Å²) in [5, 5.41) is 5.26. The summed E-state index contributed by atoms with van der Waals surface area (Å²) in [5.74, 6) is -0.999. The number of alkyl halides is 3. The normalized spacial score (nSPS) is 18.3. The van der Waals surface area contributed by atoms with Gasteiger partial charge in [-0.05, 0) is 120 Å². The molecule has 4 atom stereocenters. The molecule has 2 saturated carbocycles. The molecule has 0 heterocycles. The van der Waals surface area contributed by atoms with Crippen molar-refractivity contribution < 1.29 is 58.7 Å². The highest BCUT2D eigenvalue weighted by Crippen LogP contribution is 2.54. The van der Waals surface area contributed by atoms with Gasteiger partial charge in [0.05, 0.1) is 36.8 Å². The Morgan fingerprint density at radius 2 is 0.938 bits per heavy atom. The Morgan fingerprint density at radius 1 is 0.525 bits per heavy atom. The minimum atomic E-state index is -4.71. The van der Waals surface area contributed by atoms with Crippen LogP contribution in [0.2, 0.25) is 0 Å². The molecule has 0 radical (unpaired) electrons. The first-order valence-corrected chi connectivity index (χ1v) is 27.6.